The highest BCUT2D eigenvalue weighted by Crippen LogP contribution is 2.56. The average molecular weight is 682 g/mol. The number of benzene rings is 2. The van der Waals surface area contributed by atoms with Crippen molar-refractivity contribution in [3.05, 3.63) is 59.2 Å². The van der Waals surface area contributed by atoms with Crippen LogP contribution in [0.4, 0.5) is 5.69 Å². The topological polar surface area (TPSA) is 54.0 Å². The minimum atomic E-state index is -1.88. The van der Waals surface area contributed by atoms with Gasteiger partial charge in [-0.25, -0.2) is 0 Å². The Balaban J connectivity index is 1.14. The maximum absolute atomic E-state index is 14.5. The molecule has 0 spiro atoms. The monoisotopic (exact) mass is 681 g/mol. The van der Waals surface area contributed by atoms with Crippen LogP contribution >= 0.6 is 0 Å². The van der Waals surface area contributed by atoms with E-state index >= 15 is 0 Å². The first-order valence-electron chi connectivity index (χ1n) is 19.4. The van der Waals surface area contributed by atoms with Gasteiger partial charge in [-0.3, -0.25) is 9.69 Å². The summed E-state index contributed by atoms with van der Waals surface area (Å²) in [7, 11) is -0.140. The number of rotatable bonds is 11. The Hall–Kier alpha value is -2.79. The fraction of sp³-hybridized carbons (Fsp3) is 0.643. The molecule has 1 N–H and O–H groups in total. The molecule has 4 bridgehead atoms. The molecule has 2 aliphatic heterocycles. The van der Waals surface area contributed by atoms with Gasteiger partial charge >= 0.3 is 0 Å². The van der Waals surface area contributed by atoms with Crippen LogP contribution in [0.25, 0.3) is 0 Å². The van der Waals surface area contributed by atoms with Crippen molar-refractivity contribution >= 4 is 19.7 Å². The van der Waals surface area contributed by atoms with Crippen LogP contribution in [0.1, 0.15) is 93.9 Å². The summed E-state index contributed by atoms with van der Waals surface area (Å²) in [5.74, 6) is 6.86. The van der Waals surface area contributed by atoms with E-state index in [1.165, 1.54) is 60.9 Å². The van der Waals surface area contributed by atoms with E-state index < -0.39 is 8.07 Å². The first kappa shape index (κ1) is 34.6. The zero-order valence-electron chi connectivity index (χ0n) is 30.6. The van der Waals surface area contributed by atoms with Crippen molar-refractivity contribution in [2.45, 2.75) is 114 Å². The third-order valence-corrected chi connectivity index (χ3v) is 14.9. The number of anilines is 1. The first-order valence-corrected chi connectivity index (χ1v) is 22.6. The molecule has 2 atom stereocenters. The summed E-state index contributed by atoms with van der Waals surface area (Å²) in [6.45, 7) is 11.7. The SMILES string of the molecule is CCCC[C@H]1Cc2cc(OC)ccc2[C@H](c2ccc(NC34CC5CC(CC(C5)C3)C4)cc2)N1C(=O)C#C[Si](C)(C)CCCN1CCOCC1. The van der Waals surface area contributed by atoms with Crippen LogP contribution in [0.2, 0.25) is 19.1 Å². The molecule has 4 saturated carbocycles. The number of fused-ring (bicyclic) bond motifs is 1. The van der Waals surface area contributed by atoms with Gasteiger partial charge in [0, 0.05) is 30.4 Å². The highest BCUT2D eigenvalue weighted by molar-refractivity contribution is 6.85. The second-order valence-corrected chi connectivity index (χ2v) is 21.3. The molecular weight excluding hydrogens is 623 g/mol. The number of carbonyl (C=O) groups excluding carboxylic acids is 1. The van der Waals surface area contributed by atoms with Gasteiger partial charge in [-0.05, 0) is 135 Å². The quantitative estimate of drug-likeness (QED) is 0.192. The highest BCUT2D eigenvalue weighted by Gasteiger charge is 2.51. The predicted molar refractivity (Wildman–Crippen MR) is 202 cm³/mol. The number of ether oxygens (including phenoxy) is 2. The van der Waals surface area contributed by atoms with Crippen LogP contribution in [0.15, 0.2) is 42.5 Å². The number of carbonyl (C=O) groups is 1. The number of hydrogen-bond acceptors (Lipinski definition) is 5. The Morgan fingerprint density at radius 2 is 1.69 bits per heavy atom. The van der Waals surface area contributed by atoms with Crippen molar-refractivity contribution in [2.75, 3.05) is 45.3 Å². The number of hydrogen-bond donors (Lipinski definition) is 1. The zero-order valence-corrected chi connectivity index (χ0v) is 31.6. The van der Waals surface area contributed by atoms with E-state index in [1.54, 1.807) is 7.11 Å². The molecule has 49 heavy (non-hydrogen) atoms. The van der Waals surface area contributed by atoms with Gasteiger partial charge in [-0.1, -0.05) is 51.1 Å². The van der Waals surface area contributed by atoms with E-state index in [4.69, 9.17) is 9.47 Å². The molecule has 4 aliphatic carbocycles. The first-order chi connectivity index (χ1) is 23.7. The Morgan fingerprint density at radius 3 is 2.35 bits per heavy atom. The van der Waals surface area contributed by atoms with Crippen molar-refractivity contribution in [1.29, 1.82) is 0 Å². The molecule has 1 saturated heterocycles. The van der Waals surface area contributed by atoms with Gasteiger partial charge in [0.15, 0.2) is 0 Å². The Morgan fingerprint density at radius 1 is 1.00 bits per heavy atom. The molecule has 0 aromatic heterocycles. The summed E-state index contributed by atoms with van der Waals surface area (Å²) >= 11 is 0. The molecule has 2 aromatic rings. The maximum Gasteiger partial charge on any atom is 0.298 e. The summed E-state index contributed by atoms with van der Waals surface area (Å²) in [6, 6.07) is 16.6. The lowest BCUT2D eigenvalue weighted by atomic mass is 9.53. The molecule has 264 valence electrons. The second-order valence-electron chi connectivity index (χ2n) is 16.8. The van der Waals surface area contributed by atoms with Crippen LogP contribution in [0.3, 0.4) is 0 Å². The summed E-state index contributed by atoms with van der Waals surface area (Å²) in [5, 5.41) is 4.07. The number of amides is 1. The van der Waals surface area contributed by atoms with Crippen molar-refractivity contribution in [3.63, 3.8) is 0 Å². The Labute approximate surface area is 296 Å². The van der Waals surface area contributed by atoms with Crippen molar-refractivity contribution in [3.8, 4) is 17.2 Å². The molecule has 8 rings (SSSR count). The van der Waals surface area contributed by atoms with E-state index in [-0.39, 0.29) is 23.5 Å². The highest BCUT2D eigenvalue weighted by atomic mass is 28.3. The fourth-order valence-corrected chi connectivity index (χ4v) is 12.0. The third-order valence-electron chi connectivity index (χ3n) is 12.5. The van der Waals surface area contributed by atoms with E-state index in [0.717, 1.165) is 94.5 Å². The van der Waals surface area contributed by atoms with Crippen LogP contribution in [-0.4, -0.2) is 75.3 Å². The predicted octanol–water partition coefficient (Wildman–Crippen LogP) is 8.08. The molecule has 7 heteroatoms. The lowest BCUT2D eigenvalue weighted by Gasteiger charge is -2.57. The van der Waals surface area contributed by atoms with E-state index in [0.29, 0.717) is 0 Å². The Bertz CT molecular complexity index is 1490. The van der Waals surface area contributed by atoms with E-state index in [9.17, 15) is 4.79 Å². The van der Waals surface area contributed by atoms with Gasteiger partial charge in [-0.2, -0.15) is 0 Å². The van der Waals surface area contributed by atoms with Gasteiger partial charge in [-0.15, -0.1) is 5.54 Å². The standard InChI is InChI=1S/C42H59N3O3Si/c1-5-6-8-37-26-35-27-38(47-2)13-14-39(35)41(45(37)40(46)15-22-49(3,4)21-7-16-44-17-19-48-20-18-44)34-9-11-36(12-10-34)43-42-28-31-23-32(29-42)25-33(24-31)30-42/h9-14,27,31-33,37,41,43H,5-8,16-21,23-26,28-30H2,1-4H3/t31?,32?,33?,37-,41-,42?/m0/s1. The molecule has 6 nitrogen and oxygen atoms in total. The van der Waals surface area contributed by atoms with Gasteiger partial charge < -0.3 is 19.7 Å². The molecule has 0 unspecified atom stereocenters. The van der Waals surface area contributed by atoms with Gasteiger partial charge in [0.05, 0.1) is 26.4 Å². The van der Waals surface area contributed by atoms with Gasteiger partial charge in [0.2, 0.25) is 0 Å². The van der Waals surface area contributed by atoms with E-state index in [1.807, 2.05) is 0 Å². The molecule has 1 amide bonds. The van der Waals surface area contributed by atoms with Crippen molar-refractivity contribution in [2.24, 2.45) is 17.8 Å². The molecule has 2 aromatic carbocycles. The second kappa shape index (κ2) is 14.8. The molecule has 5 fully saturated rings. The van der Waals surface area contributed by atoms with Crippen LogP contribution in [-0.2, 0) is 16.0 Å². The number of morpholine rings is 1. The fourth-order valence-electron chi connectivity index (χ4n) is 10.4. The lowest BCUT2D eigenvalue weighted by molar-refractivity contribution is -0.130. The van der Waals surface area contributed by atoms with Crippen LogP contribution < -0.4 is 10.1 Å². The summed E-state index contributed by atoms with van der Waals surface area (Å²) < 4.78 is 11.2. The average Bonchev–Trinajstić information content (AvgIpc) is 3.09. The molecule has 2 heterocycles. The van der Waals surface area contributed by atoms with Crippen LogP contribution in [0.5, 0.6) is 5.75 Å². The summed E-state index contributed by atoms with van der Waals surface area (Å²) in [4.78, 5) is 19.1. The minimum absolute atomic E-state index is 0.0166. The van der Waals surface area contributed by atoms with Gasteiger partial charge in [0.25, 0.3) is 5.91 Å². The lowest BCUT2D eigenvalue weighted by Crippen LogP contribution is -2.54. The normalized spacial score (nSPS) is 29.2. The third kappa shape index (κ3) is 7.92. The van der Waals surface area contributed by atoms with E-state index in [2.05, 4.69) is 89.1 Å². The number of nitrogens with zero attached hydrogens (tertiary/aromatic N) is 2. The van der Waals surface area contributed by atoms with Crippen molar-refractivity contribution in [1.82, 2.24) is 9.80 Å². The smallest absolute Gasteiger partial charge is 0.298 e. The zero-order chi connectivity index (χ0) is 34.0. The largest absolute Gasteiger partial charge is 0.497 e. The minimum Gasteiger partial charge on any atom is -0.497 e. The molecular formula is C42H59N3O3Si. The molecule has 6 aliphatic rings. The van der Waals surface area contributed by atoms with Crippen molar-refractivity contribution < 1.29 is 14.3 Å². The number of methoxy groups -OCH3 is 1. The Kier molecular flexibility index (Phi) is 10.5. The maximum atomic E-state index is 14.5. The molecule has 0 radical (unpaired) electrons. The van der Waals surface area contributed by atoms with Gasteiger partial charge in [0.1, 0.15) is 13.8 Å². The number of nitrogens with one attached hydrogen (secondary N) is 1. The van der Waals surface area contributed by atoms with Crippen LogP contribution in [0, 0.1) is 29.2 Å². The number of unbranched alkanes of at least 4 members (excludes halogenated alkanes) is 1. The summed E-state index contributed by atoms with van der Waals surface area (Å²) in [6.07, 6.45) is 13.5. The summed E-state index contributed by atoms with van der Waals surface area (Å²) in [5.41, 5.74) is 8.74.